The van der Waals surface area contributed by atoms with Gasteiger partial charge in [0.25, 0.3) is 0 Å². The molecule has 0 aromatic carbocycles. The zero-order chi connectivity index (χ0) is 14.7. The van der Waals surface area contributed by atoms with Crippen LogP contribution in [0.2, 0.25) is 0 Å². The van der Waals surface area contributed by atoms with Crippen LogP contribution in [0, 0.1) is 0 Å². The maximum Gasteiger partial charge on any atom is 0.246 e. The van der Waals surface area contributed by atoms with E-state index in [0.717, 1.165) is 42.7 Å². The lowest BCUT2D eigenvalue weighted by atomic mass is 10.1. The Morgan fingerprint density at radius 2 is 2.38 bits per heavy atom. The summed E-state index contributed by atoms with van der Waals surface area (Å²) in [6.07, 6.45) is 7.94. The van der Waals surface area contributed by atoms with Gasteiger partial charge < -0.3 is 15.2 Å². The molecule has 1 amide bonds. The van der Waals surface area contributed by atoms with E-state index in [1.54, 1.807) is 6.33 Å². The maximum atomic E-state index is 11.8. The minimum absolute atomic E-state index is 0.00169. The van der Waals surface area contributed by atoms with E-state index in [1.165, 1.54) is 6.08 Å². The molecule has 6 heteroatoms. The first-order valence-corrected chi connectivity index (χ1v) is 7.24. The van der Waals surface area contributed by atoms with Crippen LogP contribution < -0.4 is 5.32 Å². The van der Waals surface area contributed by atoms with Gasteiger partial charge in [-0.25, -0.2) is 9.97 Å². The highest BCUT2D eigenvalue weighted by molar-refractivity contribution is 5.88. The van der Waals surface area contributed by atoms with Crippen LogP contribution in [0.15, 0.2) is 31.2 Å². The number of anilines is 1. The molecule has 1 fully saturated rings. The molecule has 1 aliphatic heterocycles. The molecular formula is C15H19N5O. The van der Waals surface area contributed by atoms with Crippen LogP contribution in [0.25, 0.3) is 11.0 Å². The first-order valence-electron chi connectivity index (χ1n) is 7.24. The SMILES string of the molecule is C=CC(=O)N1CCCC[C@H](Nc2ncnc3[nH]ccc23)C1. The largest absolute Gasteiger partial charge is 0.365 e. The summed E-state index contributed by atoms with van der Waals surface area (Å²) in [5.41, 5.74) is 0.820. The van der Waals surface area contributed by atoms with E-state index in [4.69, 9.17) is 0 Å². The van der Waals surface area contributed by atoms with Crippen molar-refractivity contribution in [3.05, 3.63) is 31.2 Å². The van der Waals surface area contributed by atoms with Crippen molar-refractivity contribution in [2.75, 3.05) is 18.4 Å². The van der Waals surface area contributed by atoms with Gasteiger partial charge >= 0.3 is 0 Å². The molecule has 0 unspecified atom stereocenters. The van der Waals surface area contributed by atoms with Gasteiger partial charge in [-0.15, -0.1) is 0 Å². The molecule has 1 atom stereocenters. The summed E-state index contributed by atoms with van der Waals surface area (Å²) in [5, 5.41) is 4.43. The molecule has 0 spiro atoms. The van der Waals surface area contributed by atoms with Crippen LogP contribution >= 0.6 is 0 Å². The fourth-order valence-corrected chi connectivity index (χ4v) is 2.77. The standard InChI is InChI=1S/C15H19N5O/c1-2-13(21)20-8-4-3-5-11(9-20)19-15-12-6-7-16-14(12)17-10-18-15/h2,6-7,10-11H,1,3-5,8-9H2,(H2,16,17,18,19)/t11-/m0/s1. The summed E-state index contributed by atoms with van der Waals surface area (Å²) >= 11 is 0. The zero-order valence-corrected chi connectivity index (χ0v) is 11.9. The van der Waals surface area contributed by atoms with Crippen LogP contribution in [0.5, 0.6) is 0 Å². The monoisotopic (exact) mass is 285 g/mol. The van der Waals surface area contributed by atoms with E-state index in [2.05, 4.69) is 26.8 Å². The van der Waals surface area contributed by atoms with Crippen LogP contribution in [-0.2, 0) is 4.79 Å². The highest BCUT2D eigenvalue weighted by Crippen LogP contribution is 2.21. The second-order valence-corrected chi connectivity index (χ2v) is 5.29. The highest BCUT2D eigenvalue weighted by Gasteiger charge is 2.21. The molecule has 2 aromatic heterocycles. The van der Waals surface area contributed by atoms with E-state index < -0.39 is 0 Å². The molecule has 2 aromatic rings. The van der Waals surface area contributed by atoms with Gasteiger partial charge in [0.15, 0.2) is 0 Å². The Morgan fingerprint density at radius 3 is 3.24 bits per heavy atom. The van der Waals surface area contributed by atoms with Crippen LogP contribution in [0.4, 0.5) is 5.82 Å². The third kappa shape index (κ3) is 2.89. The van der Waals surface area contributed by atoms with E-state index >= 15 is 0 Å². The molecule has 3 rings (SSSR count). The van der Waals surface area contributed by atoms with Crippen molar-refractivity contribution in [2.45, 2.75) is 25.3 Å². The van der Waals surface area contributed by atoms with Crippen LogP contribution in [0.3, 0.4) is 0 Å². The van der Waals surface area contributed by atoms with Crippen molar-refractivity contribution >= 4 is 22.8 Å². The normalized spacial score (nSPS) is 19.2. The molecular weight excluding hydrogens is 266 g/mol. The number of amides is 1. The van der Waals surface area contributed by atoms with Crippen molar-refractivity contribution in [3.63, 3.8) is 0 Å². The number of rotatable bonds is 3. The Labute approximate surface area is 123 Å². The molecule has 110 valence electrons. The average molecular weight is 285 g/mol. The molecule has 0 saturated carbocycles. The average Bonchev–Trinajstić information content (AvgIpc) is 2.87. The summed E-state index contributed by atoms with van der Waals surface area (Å²) in [6, 6.07) is 2.16. The van der Waals surface area contributed by atoms with Gasteiger partial charge in [0.1, 0.15) is 17.8 Å². The molecule has 1 aliphatic rings. The van der Waals surface area contributed by atoms with Crippen molar-refractivity contribution in [3.8, 4) is 0 Å². The number of nitrogens with one attached hydrogen (secondary N) is 2. The molecule has 2 N–H and O–H groups in total. The zero-order valence-electron chi connectivity index (χ0n) is 11.9. The minimum atomic E-state index is -0.00169. The number of carbonyl (C=O) groups is 1. The molecule has 1 saturated heterocycles. The van der Waals surface area contributed by atoms with Crippen molar-refractivity contribution in [2.24, 2.45) is 0 Å². The first-order chi connectivity index (χ1) is 10.3. The Hall–Kier alpha value is -2.37. The molecule has 6 nitrogen and oxygen atoms in total. The third-order valence-corrected chi connectivity index (χ3v) is 3.85. The number of likely N-dealkylation sites (tertiary alicyclic amines) is 1. The molecule has 0 aliphatic carbocycles. The van der Waals surface area contributed by atoms with E-state index in [1.807, 2.05) is 17.2 Å². The Morgan fingerprint density at radius 1 is 1.48 bits per heavy atom. The summed E-state index contributed by atoms with van der Waals surface area (Å²) in [7, 11) is 0. The minimum Gasteiger partial charge on any atom is -0.365 e. The number of aromatic nitrogens is 3. The Balaban J connectivity index is 1.78. The molecule has 3 heterocycles. The lowest BCUT2D eigenvalue weighted by Gasteiger charge is -2.24. The smallest absolute Gasteiger partial charge is 0.246 e. The lowest BCUT2D eigenvalue weighted by Crippen LogP contribution is -2.38. The molecule has 21 heavy (non-hydrogen) atoms. The predicted octanol–water partition coefficient (Wildman–Crippen LogP) is 1.94. The van der Waals surface area contributed by atoms with Gasteiger partial charge in [0.05, 0.1) is 5.39 Å². The Kier molecular flexibility index (Phi) is 3.85. The maximum absolute atomic E-state index is 11.8. The summed E-state index contributed by atoms with van der Waals surface area (Å²) in [6.45, 7) is 5.05. The fraction of sp³-hybridized carbons (Fsp3) is 0.400. The van der Waals surface area contributed by atoms with Gasteiger partial charge in [-0.05, 0) is 31.4 Å². The van der Waals surface area contributed by atoms with Gasteiger partial charge in [-0.2, -0.15) is 0 Å². The number of nitrogens with zero attached hydrogens (tertiary/aromatic N) is 3. The first kappa shape index (κ1) is 13.6. The number of hydrogen-bond acceptors (Lipinski definition) is 4. The highest BCUT2D eigenvalue weighted by atomic mass is 16.2. The summed E-state index contributed by atoms with van der Waals surface area (Å²) < 4.78 is 0. The quantitative estimate of drug-likeness (QED) is 0.845. The number of fused-ring (bicyclic) bond motifs is 1. The van der Waals surface area contributed by atoms with Crippen LogP contribution in [-0.4, -0.2) is 44.9 Å². The number of carbonyl (C=O) groups excluding carboxylic acids is 1. The van der Waals surface area contributed by atoms with E-state index in [-0.39, 0.29) is 11.9 Å². The lowest BCUT2D eigenvalue weighted by molar-refractivity contribution is -0.126. The van der Waals surface area contributed by atoms with Gasteiger partial charge in [-0.1, -0.05) is 6.58 Å². The van der Waals surface area contributed by atoms with Crippen molar-refractivity contribution in [1.29, 1.82) is 0 Å². The Bertz CT molecular complexity index is 650. The topological polar surface area (TPSA) is 73.9 Å². The summed E-state index contributed by atoms with van der Waals surface area (Å²) in [4.78, 5) is 25.3. The number of aromatic amines is 1. The van der Waals surface area contributed by atoms with E-state index in [9.17, 15) is 4.79 Å². The molecule has 0 radical (unpaired) electrons. The van der Waals surface area contributed by atoms with Gasteiger partial charge in [-0.3, -0.25) is 4.79 Å². The predicted molar refractivity (Wildman–Crippen MR) is 81.9 cm³/mol. The van der Waals surface area contributed by atoms with Crippen molar-refractivity contribution < 1.29 is 4.79 Å². The van der Waals surface area contributed by atoms with Gasteiger partial charge in [0, 0.05) is 25.3 Å². The van der Waals surface area contributed by atoms with Crippen molar-refractivity contribution in [1.82, 2.24) is 19.9 Å². The third-order valence-electron chi connectivity index (χ3n) is 3.85. The second-order valence-electron chi connectivity index (χ2n) is 5.29. The number of hydrogen-bond donors (Lipinski definition) is 2. The van der Waals surface area contributed by atoms with Crippen LogP contribution in [0.1, 0.15) is 19.3 Å². The van der Waals surface area contributed by atoms with E-state index in [0.29, 0.717) is 6.54 Å². The second kappa shape index (κ2) is 5.95. The number of H-pyrrole nitrogens is 1. The summed E-state index contributed by atoms with van der Waals surface area (Å²) in [5.74, 6) is 0.817. The fourth-order valence-electron chi connectivity index (χ4n) is 2.77. The molecule has 0 bridgehead atoms. The van der Waals surface area contributed by atoms with Gasteiger partial charge in [0.2, 0.25) is 5.91 Å².